The molecule has 10 heterocycles. The fraction of sp³-hybridized carbons (Fsp3) is 0.447. The molecule has 6 aliphatic heterocycles. The Morgan fingerprint density at radius 2 is 1.16 bits per heavy atom. The lowest BCUT2D eigenvalue weighted by molar-refractivity contribution is -0.141. The molecular formula is C85H92F2N10O11. The van der Waals surface area contributed by atoms with Gasteiger partial charge in [-0.15, -0.1) is 0 Å². The van der Waals surface area contributed by atoms with Gasteiger partial charge in [0.05, 0.1) is 79.1 Å². The summed E-state index contributed by atoms with van der Waals surface area (Å²) < 4.78 is 80.4. The second kappa shape index (κ2) is 30.5. The van der Waals surface area contributed by atoms with Gasteiger partial charge < -0.3 is 67.4 Å². The number of nitrogens with zero attached hydrogens (tertiary/aromatic N) is 9. The van der Waals surface area contributed by atoms with Crippen LogP contribution in [0.2, 0.25) is 0 Å². The molecule has 6 saturated heterocycles. The van der Waals surface area contributed by atoms with Crippen LogP contribution < -0.4 is 19.5 Å². The third kappa shape index (κ3) is 13.8. The maximum Gasteiger partial charge on any atom is 0.410 e. The lowest BCUT2D eigenvalue weighted by Gasteiger charge is -2.39. The van der Waals surface area contributed by atoms with E-state index in [1.54, 1.807) is 19.2 Å². The van der Waals surface area contributed by atoms with Crippen molar-refractivity contribution in [2.75, 3.05) is 81.6 Å². The molecule has 4 bridgehead atoms. The van der Waals surface area contributed by atoms with E-state index in [0.717, 1.165) is 108 Å². The number of likely N-dealkylation sites (tertiary alicyclic amines) is 2. The number of phenolic OH excluding ortho intramolecular Hbond substituents is 1. The number of pyridine rings is 2. The number of benzene rings is 6. The predicted octanol–water partition coefficient (Wildman–Crippen LogP) is 14.8. The largest absolute Gasteiger partial charge is 0.508 e. The van der Waals surface area contributed by atoms with Gasteiger partial charge in [-0.25, -0.2) is 23.5 Å². The molecule has 6 aromatic carbocycles. The Labute approximate surface area is 626 Å². The van der Waals surface area contributed by atoms with Gasteiger partial charge in [0.2, 0.25) is 11.8 Å². The van der Waals surface area contributed by atoms with Gasteiger partial charge >= 0.3 is 18.0 Å². The molecule has 23 heteroatoms. The van der Waals surface area contributed by atoms with Gasteiger partial charge in [-0.2, -0.15) is 10.5 Å². The number of nitrogens with one attached hydrogen (secondary N) is 1. The van der Waals surface area contributed by atoms with Gasteiger partial charge in [-0.1, -0.05) is 48.5 Å². The monoisotopic (exact) mass is 1470 g/mol. The second-order valence-electron chi connectivity index (χ2n) is 30.9. The van der Waals surface area contributed by atoms with Crippen LogP contribution in [0.4, 0.5) is 13.6 Å². The van der Waals surface area contributed by atoms with Crippen LogP contribution in [0.3, 0.4) is 0 Å². The summed E-state index contributed by atoms with van der Waals surface area (Å²) >= 11 is 0. The Hall–Kier alpha value is -10.2. The van der Waals surface area contributed by atoms with Crippen molar-refractivity contribution in [3.63, 3.8) is 0 Å². The molecule has 0 spiro atoms. The minimum atomic E-state index is -0.664. The molecule has 0 radical (unpaired) electrons. The lowest BCUT2D eigenvalue weighted by atomic mass is 9.79. The van der Waals surface area contributed by atoms with Crippen molar-refractivity contribution >= 4 is 83.2 Å². The molecule has 8 aliphatic rings. The summed E-state index contributed by atoms with van der Waals surface area (Å²) in [5.41, 5.74) is 6.16. The van der Waals surface area contributed by atoms with Crippen molar-refractivity contribution in [2.45, 2.75) is 153 Å². The highest BCUT2D eigenvalue weighted by atomic mass is 19.1. The first kappa shape index (κ1) is 73.3. The van der Waals surface area contributed by atoms with Crippen LogP contribution in [0, 0.1) is 46.1 Å². The maximum atomic E-state index is 18.1. The fourth-order valence-corrected chi connectivity index (χ4v) is 17.9. The average Bonchev–Trinajstić information content (AvgIpc) is 1.52. The normalized spacial score (nSPS) is 20.9. The molecule has 1 amide bonds. The second-order valence-corrected chi connectivity index (χ2v) is 30.9. The number of aryl methyl sites for hydroxylation is 4. The number of carbonyl (C=O) groups is 3. The standard InChI is InChI=1S/C46H52FN5O7.C39H40FN5O4/c1-46(2,3)59-45(54)51-24-29-21-37(51)42(29)52-30(15-16-38(53)56-6)22-36-43(52)35-20-28(12-9-17-48)39(34-23-32(58-26-55-5)19-27-11-7-8-14-33(27)34)40(47)41(35)49-44(36)57-25-31-13-10-18-50(31)4;1-44-14-6-9-26(44)21-49-39-31-18-25(11-12-33(47)48-2)45(37-24-17-32(37)42-20-24)38(31)30-16-23(8-5-13-41)34(35(40)36(30)43-39)29-19-27(46)15-22-7-3-4-10-28(22)29/h7-8,11,14,19-20,22-23,29,31,37,42H,9-10,12-13,15-16,18,21,24-26H2,1-6H3;3-4,7,10,15-16,18-19,24,26,32,37,42,46H,5-6,8-9,11-12,14,17,20-21H2,1-2H3/t29?,31-,37?,42?;24?,26-,32?,37?/m00/s1. The molecule has 2 aliphatic carbocycles. The predicted molar refractivity (Wildman–Crippen MR) is 408 cm³/mol. The van der Waals surface area contributed by atoms with Crippen molar-refractivity contribution in [1.29, 1.82) is 10.5 Å². The summed E-state index contributed by atoms with van der Waals surface area (Å²) in [7, 11) is 8.49. The first-order valence-corrected chi connectivity index (χ1v) is 37.8. The number of phenols is 1. The number of esters is 2. The van der Waals surface area contributed by atoms with Gasteiger partial charge in [-0.05, 0) is 210 Å². The molecule has 21 nitrogen and oxygen atoms in total. The van der Waals surface area contributed by atoms with E-state index in [1.807, 2.05) is 105 Å². The summed E-state index contributed by atoms with van der Waals surface area (Å²) in [6, 6.07) is 35.3. The van der Waals surface area contributed by atoms with Gasteiger partial charge in [0.1, 0.15) is 41.3 Å². The molecule has 108 heavy (non-hydrogen) atoms. The number of ether oxygens (including phenoxy) is 7. The van der Waals surface area contributed by atoms with E-state index >= 15 is 8.78 Å². The number of likely N-dealkylation sites (N-methyl/N-ethyl adjacent to an activating group) is 2. The highest BCUT2D eigenvalue weighted by Crippen LogP contribution is 2.55. The number of nitriles is 2. The number of hydrogen-bond acceptors (Lipinski definition) is 18. The smallest absolute Gasteiger partial charge is 0.410 e. The lowest BCUT2D eigenvalue weighted by Crippen LogP contribution is -2.44. The van der Waals surface area contributed by atoms with Crippen LogP contribution in [-0.4, -0.2) is 168 Å². The summed E-state index contributed by atoms with van der Waals surface area (Å²) in [5.74, 6) is 0.0480. The van der Waals surface area contributed by atoms with Crippen LogP contribution in [0.25, 0.3) is 87.4 Å². The molecule has 18 rings (SSSR count). The number of hydrogen-bond donors (Lipinski definition) is 2. The van der Waals surface area contributed by atoms with Gasteiger partial charge in [-0.3, -0.25) is 9.59 Å². The van der Waals surface area contributed by atoms with Crippen LogP contribution in [0.15, 0.2) is 97.1 Å². The topological polar surface area (TPSA) is 241 Å². The minimum Gasteiger partial charge on any atom is -0.508 e. The van der Waals surface area contributed by atoms with Gasteiger partial charge in [0.25, 0.3) is 0 Å². The van der Waals surface area contributed by atoms with Crippen molar-refractivity contribution in [3.05, 3.63) is 131 Å². The molecule has 2 saturated carbocycles. The first-order valence-electron chi connectivity index (χ1n) is 37.8. The third-order valence-electron chi connectivity index (χ3n) is 23.2. The van der Waals surface area contributed by atoms with Crippen LogP contribution in [0.5, 0.6) is 23.3 Å². The number of fused-ring (bicyclic) bond motifs is 10. The van der Waals surface area contributed by atoms with Crippen molar-refractivity contribution in [1.82, 2.24) is 39.1 Å². The van der Waals surface area contributed by atoms with Crippen LogP contribution in [-0.2, 0) is 54.2 Å². The van der Waals surface area contributed by atoms with E-state index in [2.05, 4.69) is 56.6 Å². The Kier molecular flexibility index (Phi) is 20.7. The average molecular weight is 1470 g/mol. The van der Waals surface area contributed by atoms with Gasteiger partial charge in [0, 0.05) is 90.4 Å². The number of carbonyl (C=O) groups excluding carboxylic acids is 3. The Morgan fingerprint density at radius 3 is 1.64 bits per heavy atom. The maximum absolute atomic E-state index is 18.1. The fourth-order valence-electron chi connectivity index (χ4n) is 17.9. The minimum absolute atomic E-state index is 0.0134. The van der Waals surface area contributed by atoms with Crippen LogP contribution >= 0.6 is 0 Å². The summed E-state index contributed by atoms with van der Waals surface area (Å²) in [5, 5.41) is 39.9. The quantitative estimate of drug-likeness (QED) is 0.0344. The van der Waals surface area contributed by atoms with E-state index in [-0.39, 0.29) is 116 Å². The third-order valence-corrected chi connectivity index (χ3v) is 23.2. The number of methoxy groups -OCH3 is 3. The van der Waals surface area contributed by atoms with E-state index in [4.69, 9.17) is 43.1 Å². The van der Waals surface area contributed by atoms with Crippen LogP contribution in [0.1, 0.15) is 120 Å². The highest BCUT2D eigenvalue weighted by Gasteiger charge is 2.57. The molecule has 8 fully saturated rings. The molecule has 10 aromatic rings. The summed E-state index contributed by atoms with van der Waals surface area (Å²) in [4.78, 5) is 54.9. The number of amides is 1. The molecule has 4 aromatic heterocycles. The Bertz CT molecular complexity index is 5260. The Balaban J connectivity index is 0.000000175. The first-order chi connectivity index (χ1) is 52.3. The molecule has 562 valence electrons. The number of rotatable bonds is 23. The number of aromatic nitrogens is 4. The zero-order valence-electron chi connectivity index (χ0n) is 62.5. The zero-order chi connectivity index (χ0) is 75.4. The van der Waals surface area contributed by atoms with E-state index in [0.29, 0.717) is 112 Å². The summed E-state index contributed by atoms with van der Waals surface area (Å²) in [6.45, 7) is 9.76. The van der Waals surface area contributed by atoms with Crippen molar-refractivity contribution < 1.29 is 61.4 Å². The molecule has 6 unspecified atom stereocenters. The Morgan fingerprint density at radius 1 is 0.630 bits per heavy atom. The highest BCUT2D eigenvalue weighted by molar-refractivity contribution is 6.12. The van der Waals surface area contributed by atoms with E-state index in [1.165, 1.54) is 14.2 Å². The summed E-state index contributed by atoms with van der Waals surface area (Å²) in [6.07, 6.45) is 7.73. The van der Waals surface area contributed by atoms with Gasteiger partial charge in [0.15, 0.2) is 18.4 Å². The van der Waals surface area contributed by atoms with E-state index in [9.17, 15) is 30.0 Å². The van der Waals surface area contributed by atoms with E-state index < -0.39 is 17.2 Å². The molecule has 8 atom stereocenters. The number of halogens is 2. The SMILES string of the molecule is COC(=O)CCc1cc2c(OC[C@@H]3CCCN3C)nc3c(F)c(-c4cc(O)cc5ccccc45)c(CCC#N)cc3c2n1C1C2CNC1C2.COCOc1cc(-c2c(CCC#N)cc3c(nc(OC[C@@H]4CCCN4C)c4cc(CCC(=O)OC)n(C5C6CC5N(C(=O)OC(C)(C)C)C6)c43)c2F)c2ccccc2c1. The molecule has 2 N–H and O–H groups in total. The van der Waals surface area contributed by atoms with Crippen molar-refractivity contribution in [2.24, 2.45) is 11.8 Å². The zero-order valence-corrected chi connectivity index (χ0v) is 62.5. The van der Waals surface area contributed by atoms with Crippen molar-refractivity contribution in [3.8, 4) is 57.7 Å². The number of aromatic hydroxyl groups is 1. The molecular weight excluding hydrogens is 1370 g/mol.